The van der Waals surface area contributed by atoms with Gasteiger partial charge in [-0.3, -0.25) is 0 Å². The highest BCUT2D eigenvalue weighted by Crippen LogP contribution is 2.13. The molecule has 1 rings (SSSR count). The van der Waals surface area contributed by atoms with Crippen LogP contribution in [0.15, 0.2) is 6.20 Å². The zero-order chi connectivity index (χ0) is 14.8. The number of nitrogens with zero attached hydrogens (tertiary/aromatic N) is 2. The molecule has 0 amide bonds. The Kier molecular flexibility index (Phi) is 8.78. The molecule has 4 nitrogen and oxygen atoms in total. The summed E-state index contributed by atoms with van der Waals surface area (Å²) in [4.78, 5) is 4.58. The first-order chi connectivity index (χ1) is 9.67. The molecule has 0 saturated carbocycles. The molecular weight excluding hydrogens is 270 g/mol. The molecule has 0 aliphatic heterocycles. The van der Waals surface area contributed by atoms with Gasteiger partial charge in [0.05, 0.1) is 5.69 Å². The summed E-state index contributed by atoms with van der Waals surface area (Å²) in [7, 11) is 0. The lowest BCUT2D eigenvalue weighted by molar-refractivity contribution is 0.142. The van der Waals surface area contributed by atoms with E-state index in [2.05, 4.69) is 34.9 Å². The van der Waals surface area contributed by atoms with E-state index in [4.69, 9.17) is 4.74 Å². The van der Waals surface area contributed by atoms with Crippen LogP contribution in [0.4, 0.5) is 5.95 Å². The lowest BCUT2D eigenvalue weighted by Gasteiger charge is -2.15. The Morgan fingerprint density at radius 1 is 1.45 bits per heavy atom. The van der Waals surface area contributed by atoms with Crippen molar-refractivity contribution in [2.45, 2.75) is 53.1 Å². The Morgan fingerprint density at radius 3 is 2.95 bits per heavy atom. The van der Waals surface area contributed by atoms with E-state index in [0.29, 0.717) is 6.04 Å². The van der Waals surface area contributed by atoms with E-state index in [9.17, 15) is 0 Å². The van der Waals surface area contributed by atoms with Crippen LogP contribution in [0, 0.1) is 6.92 Å². The van der Waals surface area contributed by atoms with Crippen LogP contribution < -0.4 is 5.32 Å². The van der Waals surface area contributed by atoms with Crippen molar-refractivity contribution in [1.82, 2.24) is 9.55 Å². The van der Waals surface area contributed by atoms with E-state index in [1.807, 2.05) is 25.6 Å². The lowest BCUT2D eigenvalue weighted by Crippen LogP contribution is -2.19. The second-order valence-electron chi connectivity index (χ2n) is 4.98. The van der Waals surface area contributed by atoms with Crippen LogP contribution in [0.2, 0.25) is 0 Å². The van der Waals surface area contributed by atoms with Crippen LogP contribution in [0.5, 0.6) is 0 Å². The molecule has 20 heavy (non-hydrogen) atoms. The minimum absolute atomic E-state index is 0.460. The zero-order valence-electron chi connectivity index (χ0n) is 13.3. The summed E-state index contributed by atoms with van der Waals surface area (Å²) in [5, 5.41) is 3.53. The van der Waals surface area contributed by atoms with Gasteiger partial charge < -0.3 is 14.6 Å². The number of thioether (sulfide) groups is 1. The van der Waals surface area contributed by atoms with Crippen LogP contribution in [-0.4, -0.2) is 40.3 Å². The van der Waals surface area contributed by atoms with E-state index in [-0.39, 0.29) is 0 Å². The monoisotopic (exact) mass is 299 g/mol. The third-order valence-electron chi connectivity index (χ3n) is 3.06. The molecule has 1 N–H and O–H groups in total. The quantitative estimate of drug-likeness (QED) is 0.634. The predicted octanol–water partition coefficient (Wildman–Crippen LogP) is 3.56. The minimum atomic E-state index is 0.460. The smallest absolute Gasteiger partial charge is 0.203 e. The molecule has 1 aromatic heterocycles. The third kappa shape index (κ3) is 6.66. The first kappa shape index (κ1) is 17.4. The van der Waals surface area contributed by atoms with Gasteiger partial charge in [-0.2, -0.15) is 11.8 Å². The lowest BCUT2D eigenvalue weighted by atomic mass is 10.3. The molecule has 1 aromatic rings. The molecular formula is C15H29N3OS. The molecule has 0 aliphatic carbocycles. The highest BCUT2D eigenvalue weighted by molar-refractivity contribution is 7.99. The number of aryl methyl sites for hydroxylation is 2. The number of aromatic nitrogens is 2. The third-order valence-corrected chi connectivity index (χ3v) is 4.00. The molecule has 0 spiro atoms. The van der Waals surface area contributed by atoms with Gasteiger partial charge in [-0.25, -0.2) is 4.98 Å². The maximum atomic E-state index is 5.39. The van der Waals surface area contributed by atoms with Crippen LogP contribution >= 0.6 is 11.8 Å². The van der Waals surface area contributed by atoms with Crippen molar-refractivity contribution in [3.8, 4) is 0 Å². The molecule has 0 aromatic carbocycles. The Labute approximate surface area is 127 Å². The molecule has 5 heteroatoms. The van der Waals surface area contributed by atoms with E-state index in [1.165, 1.54) is 17.9 Å². The normalized spacial score (nSPS) is 12.6. The number of hydrogen-bond donors (Lipinski definition) is 1. The minimum Gasteiger partial charge on any atom is -0.382 e. The van der Waals surface area contributed by atoms with Gasteiger partial charge in [0.15, 0.2) is 0 Å². The number of hydrogen-bond acceptors (Lipinski definition) is 4. The van der Waals surface area contributed by atoms with Crippen molar-refractivity contribution in [1.29, 1.82) is 0 Å². The number of nitrogens with one attached hydrogen (secondary N) is 1. The molecule has 0 radical (unpaired) electrons. The van der Waals surface area contributed by atoms with Crippen molar-refractivity contribution in [3.63, 3.8) is 0 Å². The molecule has 1 unspecified atom stereocenters. The molecule has 1 heterocycles. The standard InChI is InChI=1S/C15H29N3OS/c1-5-19-10-7-9-18-12-14(4)17-15(18)16-13(3)8-11-20-6-2/h12-13H,5-11H2,1-4H3,(H,16,17). The Bertz CT molecular complexity index is 368. The number of imidazole rings is 1. The van der Waals surface area contributed by atoms with Gasteiger partial charge in [-0.1, -0.05) is 6.92 Å². The first-order valence-electron chi connectivity index (χ1n) is 7.63. The molecule has 0 aliphatic rings. The molecule has 0 bridgehead atoms. The van der Waals surface area contributed by atoms with Gasteiger partial charge in [0.1, 0.15) is 0 Å². The maximum absolute atomic E-state index is 5.39. The summed E-state index contributed by atoms with van der Waals surface area (Å²) in [6.45, 7) is 11.1. The number of ether oxygens (including phenoxy) is 1. The Morgan fingerprint density at radius 2 is 2.25 bits per heavy atom. The van der Waals surface area contributed by atoms with E-state index >= 15 is 0 Å². The SMILES string of the molecule is CCOCCCn1cc(C)nc1NC(C)CCSCC. The average molecular weight is 299 g/mol. The summed E-state index contributed by atoms with van der Waals surface area (Å²) in [5.41, 5.74) is 1.07. The maximum Gasteiger partial charge on any atom is 0.203 e. The fourth-order valence-corrected chi connectivity index (χ4v) is 2.82. The molecule has 1 atom stereocenters. The Hall–Kier alpha value is -0.680. The second-order valence-corrected chi connectivity index (χ2v) is 6.37. The first-order valence-corrected chi connectivity index (χ1v) is 8.78. The highest BCUT2D eigenvalue weighted by Gasteiger charge is 2.09. The summed E-state index contributed by atoms with van der Waals surface area (Å²) in [6, 6.07) is 0.460. The molecule has 0 fully saturated rings. The van der Waals surface area contributed by atoms with Crippen molar-refractivity contribution in [2.24, 2.45) is 0 Å². The largest absolute Gasteiger partial charge is 0.382 e. The second kappa shape index (κ2) is 10.1. The van der Waals surface area contributed by atoms with Crippen LogP contribution in [0.25, 0.3) is 0 Å². The van der Waals surface area contributed by atoms with Crippen molar-refractivity contribution < 1.29 is 4.74 Å². The number of anilines is 1. The zero-order valence-corrected chi connectivity index (χ0v) is 14.1. The summed E-state index contributed by atoms with van der Waals surface area (Å²) in [5.74, 6) is 3.39. The molecule has 0 saturated heterocycles. The van der Waals surface area contributed by atoms with Crippen LogP contribution in [0.1, 0.15) is 39.3 Å². The fraction of sp³-hybridized carbons (Fsp3) is 0.800. The van der Waals surface area contributed by atoms with Gasteiger partial charge in [0.25, 0.3) is 0 Å². The van der Waals surface area contributed by atoms with E-state index in [0.717, 1.165) is 37.8 Å². The summed E-state index contributed by atoms with van der Waals surface area (Å²) < 4.78 is 7.60. The average Bonchev–Trinajstić information content (AvgIpc) is 2.75. The van der Waals surface area contributed by atoms with Gasteiger partial charge in [0, 0.05) is 32.0 Å². The summed E-state index contributed by atoms with van der Waals surface area (Å²) in [6.07, 6.45) is 4.31. The van der Waals surface area contributed by atoms with Crippen molar-refractivity contribution >= 4 is 17.7 Å². The van der Waals surface area contributed by atoms with Gasteiger partial charge in [-0.15, -0.1) is 0 Å². The van der Waals surface area contributed by atoms with E-state index < -0.39 is 0 Å². The topological polar surface area (TPSA) is 39.1 Å². The predicted molar refractivity (Wildman–Crippen MR) is 88.8 cm³/mol. The van der Waals surface area contributed by atoms with Crippen molar-refractivity contribution in [3.05, 3.63) is 11.9 Å². The number of rotatable bonds is 11. The van der Waals surface area contributed by atoms with E-state index in [1.54, 1.807) is 0 Å². The van der Waals surface area contributed by atoms with Crippen molar-refractivity contribution in [2.75, 3.05) is 30.0 Å². The molecule has 116 valence electrons. The fourth-order valence-electron chi connectivity index (χ4n) is 2.01. The highest BCUT2D eigenvalue weighted by atomic mass is 32.2. The van der Waals surface area contributed by atoms with Gasteiger partial charge in [-0.05, 0) is 45.1 Å². The van der Waals surface area contributed by atoms with Gasteiger partial charge in [0.2, 0.25) is 5.95 Å². The van der Waals surface area contributed by atoms with Gasteiger partial charge >= 0.3 is 0 Å². The van der Waals surface area contributed by atoms with Crippen LogP contribution in [0.3, 0.4) is 0 Å². The Balaban J connectivity index is 2.43. The van der Waals surface area contributed by atoms with Crippen LogP contribution in [-0.2, 0) is 11.3 Å². The summed E-state index contributed by atoms with van der Waals surface area (Å²) >= 11 is 1.99.